The van der Waals surface area contributed by atoms with Crippen molar-refractivity contribution in [3.8, 4) is 0 Å². The molecule has 2 unspecified atom stereocenters. The maximum Gasteiger partial charge on any atom is 0.220 e. The number of carbonyl (C=O) groups is 1. The van der Waals surface area contributed by atoms with Gasteiger partial charge in [-0.1, -0.05) is 28.1 Å². The third kappa shape index (κ3) is 6.38. The molecule has 102 valence electrons. The molecule has 0 saturated carbocycles. The highest BCUT2D eigenvalue weighted by Crippen LogP contribution is 2.17. The van der Waals surface area contributed by atoms with Crippen LogP contribution in [-0.4, -0.2) is 11.9 Å². The second kappa shape index (κ2) is 8.51. The van der Waals surface area contributed by atoms with Crippen LogP contribution in [0, 0.1) is 0 Å². The summed E-state index contributed by atoms with van der Waals surface area (Å²) in [6.07, 6.45) is 1.20. The second-order valence-corrected chi connectivity index (χ2v) is 5.28. The summed E-state index contributed by atoms with van der Waals surface area (Å²) in [5.74, 6) is 0.0507. The third-order valence-corrected chi connectivity index (χ3v) is 3.05. The zero-order valence-electron chi connectivity index (χ0n) is 10.7. The minimum atomic E-state index is 0. The molecule has 0 aliphatic carbocycles. The molecule has 0 fully saturated rings. The fourth-order valence-electron chi connectivity index (χ4n) is 1.53. The van der Waals surface area contributed by atoms with Gasteiger partial charge in [-0.15, -0.1) is 12.4 Å². The molecule has 0 spiro atoms. The lowest BCUT2D eigenvalue weighted by molar-refractivity contribution is -0.121. The Bertz CT molecular complexity index is 385. The van der Waals surface area contributed by atoms with E-state index < -0.39 is 0 Å². The molecule has 1 aromatic carbocycles. The second-order valence-electron chi connectivity index (χ2n) is 4.36. The van der Waals surface area contributed by atoms with E-state index in [0.29, 0.717) is 6.42 Å². The van der Waals surface area contributed by atoms with Crippen LogP contribution >= 0.6 is 28.3 Å². The number of nitrogens with two attached hydrogens (primary N) is 1. The molecule has 0 aliphatic rings. The van der Waals surface area contributed by atoms with Gasteiger partial charge in [-0.3, -0.25) is 4.79 Å². The first-order valence-corrected chi connectivity index (χ1v) is 6.58. The molecule has 1 aromatic rings. The van der Waals surface area contributed by atoms with Crippen LogP contribution in [0.1, 0.15) is 38.3 Å². The molecule has 0 bridgehead atoms. The molecular weight excluding hydrogens is 316 g/mol. The van der Waals surface area contributed by atoms with Crippen LogP contribution in [0.15, 0.2) is 28.7 Å². The average Bonchev–Trinajstić information content (AvgIpc) is 2.26. The van der Waals surface area contributed by atoms with E-state index in [1.54, 1.807) is 0 Å². The summed E-state index contributed by atoms with van der Waals surface area (Å²) in [6.45, 7) is 3.89. The normalized spacial score (nSPS) is 13.3. The Balaban J connectivity index is 0.00000289. The van der Waals surface area contributed by atoms with E-state index in [9.17, 15) is 4.79 Å². The number of benzene rings is 1. The summed E-state index contributed by atoms with van der Waals surface area (Å²) in [4.78, 5) is 11.6. The quantitative estimate of drug-likeness (QED) is 0.868. The van der Waals surface area contributed by atoms with Crippen LogP contribution in [0.25, 0.3) is 0 Å². The first-order chi connectivity index (χ1) is 7.99. The molecule has 0 aromatic heterocycles. The predicted molar refractivity (Wildman–Crippen MR) is 80.8 cm³/mol. The van der Waals surface area contributed by atoms with Crippen molar-refractivity contribution in [3.05, 3.63) is 34.3 Å². The van der Waals surface area contributed by atoms with Crippen molar-refractivity contribution in [1.29, 1.82) is 0 Å². The van der Waals surface area contributed by atoms with Crippen molar-refractivity contribution < 1.29 is 4.79 Å². The third-order valence-electron chi connectivity index (χ3n) is 2.55. The fraction of sp³-hybridized carbons (Fsp3) is 0.462. The Kier molecular flexibility index (Phi) is 8.24. The van der Waals surface area contributed by atoms with Gasteiger partial charge in [0.2, 0.25) is 5.91 Å². The predicted octanol–water partition coefficient (Wildman–Crippen LogP) is 3.18. The van der Waals surface area contributed by atoms with Gasteiger partial charge in [0, 0.05) is 16.9 Å². The van der Waals surface area contributed by atoms with Crippen molar-refractivity contribution in [3.63, 3.8) is 0 Å². The van der Waals surface area contributed by atoms with Gasteiger partial charge in [0.1, 0.15) is 0 Å². The molecule has 1 rings (SSSR count). The molecule has 18 heavy (non-hydrogen) atoms. The molecule has 0 aliphatic heterocycles. The van der Waals surface area contributed by atoms with Gasteiger partial charge in [0.05, 0.1) is 6.04 Å². The number of hydrogen-bond acceptors (Lipinski definition) is 2. The standard InChI is InChI=1S/C13H19BrN2O.ClH/c1-9(15)6-7-13(17)16-10(2)11-4-3-5-12(14)8-11;/h3-5,8-10H,6-7,15H2,1-2H3,(H,16,17);1H. The lowest BCUT2D eigenvalue weighted by atomic mass is 10.1. The van der Waals surface area contributed by atoms with Crippen molar-refractivity contribution in [2.45, 2.75) is 38.8 Å². The monoisotopic (exact) mass is 334 g/mol. The van der Waals surface area contributed by atoms with Crippen LogP contribution in [-0.2, 0) is 4.79 Å². The van der Waals surface area contributed by atoms with Gasteiger partial charge >= 0.3 is 0 Å². The van der Waals surface area contributed by atoms with E-state index >= 15 is 0 Å². The maximum atomic E-state index is 11.6. The first kappa shape index (κ1) is 17.4. The van der Waals surface area contributed by atoms with E-state index in [-0.39, 0.29) is 30.4 Å². The molecule has 0 saturated heterocycles. The molecule has 3 N–H and O–H groups in total. The summed E-state index contributed by atoms with van der Waals surface area (Å²) in [7, 11) is 0. The van der Waals surface area contributed by atoms with Crippen LogP contribution in [0.3, 0.4) is 0 Å². The summed E-state index contributed by atoms with van der Waals surface area (Å²) >= 11 is 3.42. The highest BCUT2D eigenvalue weighted by atomic mass is 79.9. The lowest BCUT2D eigenvalue weighted by Gasteiger charge is -2.15. The van der Waals surface area contributed by atoms with Gasteiger partial charge < -0.3 is 11.1 Å². The smallest absolute Gasteiger partial charge is 0.220 e. The van der Waals surface area contributed by atoms with E-state index in [0.717, 1.165) is 16.5 Å². The summed E-state index contributed by atoms with van der Waals surface area (Å²) < 4.78 is 1.02. The van der Waals surface area contributed by atoms with E-state index in [2.05, 4.69) is 21.2 Å². The molecule has 2 atom stereocenters. The molecule has 1 amide bonds. The minimum Gasteiger partial charge on any atom is -0.350 e. The zero-order chi connectivity index (χ0) is 12.8. The molecular formula is C13H20BrClN2O. The number of halogens is 2. The maximum absolute atomic E-state index is 11.6. The number of amides is 1. The van der Waals surface area contributed by atoms with Crippen molar-refractivity contribution >= 4 is 34.2 Å². The fourth-order valence-corrected chi connectivity index (χ4v) is 1.95. The zero-order valence-corrected chi connectivity index (χ0v) is 13.1. The van der Waals surface area contributed by atoms with Gasteiger partial charge in [-0.25, -0.2) is 0 Å². The Hall–Kier alpha value is -0.580. The topological polar surface area (TPSA) is 55.1 Å². The number of hydrogen-bond donors (Lipinski definition) is 2. The Morgan fingerprint density at radius 3 is 2.67 bits per heavy atom. The first-order valence-electron chi connectivity index (χ1n) is 5.79. The summed E-state index contributed by atoms with van der Waals surface area (Å²) in [6, 6.07) is 8.03. The van der Waals surface area contributed by atoms with Crippen LogP contribution in [0.4, 0.5) is 0 Å². The number of nitrogens with one attached hydrogen (secondary N) is 1. The minimum absolute atomic E-state index is 0. The van der Waals surface area contributed by atoms with E-state index in [4.69, 9.17) is 5.73 Å². The number of rotatable bonds is 5. The van der Waals surface area contributed by atoms with Crippen LogP contribution < -0.4 is 11.1 Å². The number of carbonyl (C=O) groups excluding carboxylic acids is 1. The van der Waals surface area contributed by atoms with E-state index in [1.165, 1.54) is 0 Å². The van der Waals surface area contributed by atoms with Crippen molar-refractivity contribution in [1.82, 2.24) is 5.32 Å². The van der Waals surface area contributed by atoms with Gasteiger partial charge in [-0.05, 0) is 38.0 Å². The lowest BCUT2D eigenvalue weighted by Crippen LogP contribution is -2.28. The highest BCUT2D eigenvalue weighted by Gasteiger charge is 2.10. The average molecular weight is 336 g/mol. The Morgan fingerprint density at radius 1 is 1.44 bits per heavy atom. The van der Waals surface area contributed by atoms with Gasteiger partial charge in [0.25, 0.3) is 0 Å². The SMILES string of the molecule is CC(N)CCC(=O)NC(C)c1cccc(Br)c1.Cl. The molecule has 0 heterocycles. The molecule has 0 radical (unpaired) electrons. The Morgan fingerprint density at radius 2 is 2.11 bits per heavy atom. The molecule has 3 nitrogen and oxygen atoms in total. The van der Waals surface area contributed by atoms with E-state index in [1.807, 2.05) is 38.1 Å². The summed E-state index contributed by atoms with van der Waals surface area (Å²) in [5.41, 5.74) is 6.71. The van der Waals surface area contributed by atoms with Gasteiger partial charge in [0.15, 0.2) is 0 Å². The Labute approximate surface area is 123 Å². The van der Waals surface area contributed by atoms with Crippen molar-refractivity contribution in [2.24, 2.45) is 5.73 Å². The highest BCUT2D eigenvalue weighted by molar-refractivity contribution is 9.10. The molecule has 5 heteroatoms. The largest absolute Gasteiger partial charge is 0.350 e. The van der Waals surface area contributed by atoms with Crippen LogP contribution in [0.2, 0.25) is 0 Å². The summed E-state index contributed by atoms with van der Waals surface area (Å²) in [5, 5.41) is 2.96. The van der Waals surface area contributed by atoms with Crippen LogP contribution in [0.5, 0.6) is 0 Å². The van der Waals surface area contributed by atoms with Crippen molar-refractivity contribution in [2.75, 3.05) is 0 Å². The van der Waals surface area contributed by atoms with Gasteiger partial charge in [-0.2, -0.15) is 0 Å².